The summed E-state index contributed by atoms with van der Waals surface area (Å²) in [7, 11) is 0. The Morgan fingerprint density at radius 1 is 1.03 bits per heavy atom. The third kappa shape index (κ3) is 5.41. The van der Waals surface area contributed by atoms with Crippen molar-refractivity contribution in [2.75, 3.05) is 26.3 Å². The molecule has 3 aromatic rings. The Balaban J connectivity index is 1.32. The van der Waals surface area contributed by atoms with Gasteiger partial charge in [-0.05, 0) is 49.2 Å². The zero-order valence-corrected chi connectivity index (χ0v) is 18.6. The van der Waals surface area contributed by atoms with Crippen molar-refractivity contribution in [2.45, 2.75) is 33.4 Å². The van der Waals surface area contributed by atoms with Gasteiger partial charge in [0, 0.05) is 37.4 Å². The summed E-state index contributed by atoms with van der Waals surface area (Å²) in [5, 5.41) is 7.55. The van der Waals surface area contributed by atoms with Crippen molar-refractivity contribution in [1.29, 1.82) is 0 Å². The summed E-state index contributed by atoms with van der Waals surface area (Å²) in [6.45, 7) is 8.76. The largest absolute Gasteiger partial charge is 0.379 e. The number of amides is 1. The summed E-state index contributed by atoms with van der Waals surface area (Å²) in [4.78, 5) is 15.0. The molecule has 1 fully saturated rings. The van der Waals surface area contributed by atoms with Crippen LogP contribution in [-0.2, 0) is 29.0 Å². The summed E-state index contributed by atoms with van der Waals surface area (Å²) in [5.41, 5.74) is 5.69. The minimum atomic E-state index is -0.288. The van der Waals surface area contributed by atoms with E-state index in [1.807, 2.05) is 13.8 Å². The predicted octanol–water partition coefficient (Wildman–Crippen LogP) is 3.32. The van der Waals surface area contributed by atoms with Crippen LogP contribution in [0.25, 0.3) is 5.69 Å². The van der Waals surface area contributed by atoms with Gasteiger partial charge in [-0.2, -0.15) is 5.10 Å². The molecule has 4 rings (SSSR count). The molecule has 0 unspecified atom stereocenters. The summed E-state index contributed by atoms with van der Waals surface area (Å²) in [5.74, 6) is -0.337. The molecule has 1 saturated heterocycles. The first kappa shape index (κ1) is 22.2. The van der Waals surface area contributed by atoms with Crippen LogP contribution in [0, 0.1) is 19.7 Å². The Bertz CT molecular complexity index is 1050. The van der Waals surface area contributed by atoms with Crippen LogP contribution in [0.5, 0.6) is 0 Å². The van der Waals surface area contributed by atoms with E-state index in [-0.39, 0.29) is 18.1 Å². The van der Waals surface area contributed by atoms with E-state index in [0.29, 0.717) is 6.54 Å². The molecule has 168 valence electrons. The van der Waals surface area contributed by atoms with Crippen molar-refractivity contribution in [3.8, 4) is 5.69 Å². The van der Waals surface area contributed by atoms with Crippen molar-refractivity contribution in [3.63, 3.8) is 0 Å². The quantitative estimate of drug-likeness (QED) is 0.617. The molecule has 2 aromatic carbocycles. The van der Waals surface area contributed by atoms with E-state index in [1.165, 1.54) is 17.7 Å². The van der Waals surface area contributed by atoms with Gasteiger partial charge in [0.05, 0.1) is 31.0 Å². The standard InChI is InChI=1S/C25H29FN4O2/c1-18-24(19(2)30(28-18)23-9-7-22(26)8-10-23)15-25(31)27-16-20-3-5-21(6-4-20)17-29-11-13-32-14-12-29/h3-10H,11-17H2,1-2H3,(H,27,31). The number of carbonyl (C=O) groups is 1. The second-order valence-electron chi connectivity index (χ2n) is 8.20. The molecule has 0 saturated carbocycles. The fourth-order valence-corrected chi connectivity index (χ4v) is 3.97. The first-order chi connectivity index (χ1) is 15.5. The number of aromatic nitrogens is 2. The highest BCUT2D eigenvalue weighted by atomic mass is 19.1. The van der Waals surface area contributed by atoms with Gasteiger partial charge in [0.15, 0.2) is 0 Å². The van der Waals surface area contributed by atoms with E-state index in [1.54, 1.807) is 16.8 Å². The molecule has 0 spiro atoms. The molecular weight excluding hydrogens is 407 g/mol. The van der Waals surface area contributed by atoms with E-state index in [9.17, 15) is 9.18 Å². The molecule has 1 amide bonds. The molecule has 0 atom stereocenters. The maximum absolute atomic E-state index is 13.2. The van der Waals surface area contributed by atoms with Crippen LogP contribution in [0.2, 0.25) is 0 Å². The minimum absolute atomic E-state index is 0.0488. The first-order valence-corrected chi connectivity index (χ1v) is 11.0. The van der Waals surface area contributed by atoms with Gasteiger partial charge in [-0.1, -0.05) is 24.3 Å². The zero-order chi connectivity index (χ0) is 22.5. The number of rotatable bonds is 7. The fraction of sp³-hybridized carbons (Fsp3) is 0.360. The zero-order valence-electron chi connectivity index (χ0n) is 18.6. The number of ether oxygens (including phenoxy) is 1. The average Bonchev–Trinajstić information content (AvgIpc) is 3.08. The maximum atomic E-state index is 13.2. The molecule has 32 heavy (non-hydrogen) atoms. The molecule has 0 aliphatic carbocycles. The topological polar surface area (TPSA) is 59.4 Å². The lowest BCUT2D eigenvalue weighted by atomic mass is 10.1. The number of halogens is 1. The predicted molar refractivity (Wildman–Crippen MR) is 121 cm³/mol. The number of nitrogens with zero attached hydrogens (tertiary/aromatic N) is 3. The molecule has 1 aliphatic heterocycles. The van der Waals surface area contributed by atoms with E-state index in [2.05, 4.69) is 39.6 Å². The second kappa shape index (κ2) is 10.1. The monoisotopic (exact) mass is 436 g/mol. The van der Waals surface area contributed by atoms with Crippen molar-refractivity contribution in [3.05, 3.63) is 82.4 Å². The number of carbonyl (C=O) groups excluding carboxylic acids is 1. The summed E-state index contributed by atoms with van der Waals surface area (Å²) in [6.07, 6.45) is 0.258. The molecule has 0 radical (unpaired) electrons. The Morgan fingerprint density at radius 3 is 2.38 bits per heavy atom. The van der Waals surface area contributed by atoms with Crippen LogP contribution in [0.3, 0.4) is 0 Å². The summed E-state index contributed by atoms with van der Waals surface area (Å²) in [6, 6.07) is 14.6. The van der Waals surface area contributed by atoms with E-state index in [4.69, 9.17) is 4.74 Å². The molecular formula is C25H29FN4O2. The lowest BCUT2D eigenvalue weighted by molar-refractivity contribution is -0.120. The fourth-order valence-electron chi connectivity index (χ4n) is 3.97. The van der Waals surface area contributed by atoms with Crippen LogP contribution in [0.4, 0.5) is 4.39 Å². The Kier molecular flexibility index (Phi) is 6.97. The van der Waals surface area contributed by atoms with Crippen molar-refractivity contribution >= 4 is 5.91 Å². The second-order valence-corrected chi connectivity index (χ2v) is 8.20. The summed E-state index contributed by atoms with van der Waals surface area (Å²) < 4.78 is 20.4. The maximum Gasteiger partial charge on any atom is 0.224 e. The highest BCUT2D eigenvalue weighted by Crippen LogP contribution is 2.19. The van der Waals surface area contributed by atoms with Gasteiger partial charge in [0.2, 0.25) is 5.91 Å². The van der Waals surface area contributed by atoms with Gasteiger partial charge in [0.25, 0.3) is 0 Å². The third-order valence-corrected chi connectivity index (χ3v) is 5.87. The van der Waals surface area contributed by atoms with E-state index in [0.717, 1.165) is 61.1 Å². The SMILES string of the molecule is Cc1nn(-c2ccc(F)cc2)c(C)c1CC(=O)NCc1ccc(CN2CCOCC2)cc1. The third-order valence-electron chi connectivity index (χ3n) is 5.87. The smallest absolute Gasteiger partial charge is 0.224 e. The minimum Gasteiger partial charge on any atom is -0.379 e. The van der Waals surface area contributed by atoms with Crippen molar-refractivity contribution in [1.82, 2.24) is 20.0 Å². The molecule has 7 heteroatoms. The molecule has 0 bridgehead atoms. The lowest BCUT2D eigenvalue weighted by Gasteiger charge is -2.26. The van der Waals surface area contributed by atoms with Gasteiger partial charge >= 0.3 is 0 Å². The van der Waals surface area contributed by atoms with Gasteiger partial charge in [0.1, 0.15) is 5.82 Å². The molecule has 6 nitrogen and oxygen atoms in total. The molecule has 1 aliphatic rings. The van der Waals surface area contributed by atoms with E-state index >= 15 is 0 Å². The molecule has 1 aromatic heterocycles. The number of hydrogen-bond donors (Lipinski definition) is 1. The Morgan fingerprint density at radius 2 is 1.69 bits per heavy atom. The van der Waals surface area contributed by atoms with E-state index < -0.39 is 0 Å². The van der Waals surface area contributed by atoms with Crippen LogP contribution >= 0.6 is 0 Å². The first-order valence-electron chi connectivity index (χ1n) is 11.0. The average molecular weight is 437 g/mol. The van der Waals surface area contributed by atoms with Crippen LogP contribution in [0.15, 0.2) is 48.5 Å². The number of nitrogens with one attached hydrogen (secondary N) is 1. The van der Waals surface area contributed by atoms with Crippen LogP contribution < -0.4 is 5.32 Å². The van der Waals surface area contributed by atoms with Gasteiger partial charge in [-0.15, -0.1) is 0 Å². The lowest BCUT2D eigenvalue weighted by Crippen LogP contribution is -2.35. The molecule has 2 heterocycles. The highest BCUT2D eigenvalue weighted by Gasteiger charge is 2.16. The molecule has 1 N–H and O–H groups in total. The van der Waals surface area contributed by atoms with Crippen molar-refractivity contribution in [2.24, 2.45) is 0 Å². The van der Waals surface area contributed by atoms with Crippen molar-refractivity contribution < 1.29 is 13.9 Å². The number of morpholine rings is 1. The normalized spacial score (nSPS) is 14.5. The van der Waals surface area contributed by atoms with Gasteiger partial charge in [-0.25, -0.2) is 9.07 Å². The highest BCUT2D eigenvalue weighted by molar-refractivity contribution is 5.79. The Hall–Kier alpha value is -3.03. The Labute approximate surface area is 188 Å². The van der Waals surface area contributed by atoms with Crippen LogP contribution in [-0.4, -0.2) is 46.9 Å². The van der Waals surface area contributed by atoms with Gasteiger partial charge in [-0.3, -0.25) is 9.69 Å². The summed E-state index contributed by atoms with van der Waals surface area (Å²) >= 11 is 0. The van der Waals surface area contributed by atoms with Crippen LogP contribution in [0.1, 0.15) is 28.1 Å². The number of benzene rings is 2. The number of hydrogen-bond acceptors (Lipinski definition) is 4. The number of aryl methyl sites for hydroxylation is 1. The van der Waals surface area contributed by atoms with Gasteiger partial charge < -0.3 is 10.1 Å².